The quantitative estimate of drug-likeness (QED) is 0.179. The normalized spacial score (nSPS) is 18.8. The van der Waals surface area contributed by atoms with Crippen molar-refractivity contribution in [2.45, 2.75) is 19.3 Å². The van der Waals surface area contributed by atoms with Crippen LogP contribution in [0.2, 0.25) is 0 Å². The van der Waals surface area contributed by atoms with Gasteiger partial charge in [0.1, 0.15) is 11.2 Å². The molecule has 1 aromatic heterocycles. The zero-order chi connectivity index (χ0) is 45.4. The summed E-state index contributed by atoms with van der Waals surface area (Å²) in [6.07, 6.45) is 0. The molecular formula is C45H30O. The molecule has 1 heteroatoms. The maximum atomic E-state index is 9.82. The van der Waals surface area contributed by atoms with Crippen molar-refractivity contribution in [3.63, 3.8) is 0 Å². The van der Waals surface area contributed by atoms with Crippen LogP contribution in [0.5, 0.6) is 0 Å². The van der Waals surface area contributed by atoms with E-state index in [2.05, 4.69) is 0 Å². The number of rotatable bonds is 2. The van der Waals surface area contributed by atoms with Crippen molar-refractivity contribution in [1.29, 1.82) is 0 Å². The van der Waals surface area contributed by atoms with E-state index in [0.29, 0.717) is 5.56 Å². The summed E-state index contributed by atoms with van der Waals surface area (Å²) in [4.78, 5) is 0. The second kappa shape index (κ2) is 9.19. The summed E-state index contributed by atoms with van der Waals surface area (Å²) in [7, 11) is 0. The highest BCUT2D eigenvalue weighted by atomic mass is 16.3. The fraction of sp³-hybridized carbons (Fsp3) is 0.0667. The van der Waals surface area contributed by atoms with Gasteiger partial charge < -0.3 is 4.42 Å². The Bertz CT molecular complexity index is 3600. The molecule has 8 aromatic carbocycles. The predicted octanol–water partition coefficient (Wildman–Crippen LogP) is 12.7. The summed E-state index contributed by atoms with van der Waals surface area (Å²) >= 11 is 0. The minimum absolute atomic E-state index is 0.0594. The first kappa shape index (κ1) is 14.2. The summed E-state index contributed by atoms with van der Waals surface area (Å²) in [6, 6.07) is 2.45. The highest BCUT2D eigenvalue weighted by molar-refractivity contribution is 6.22. The minimum Gasteiger partial charge on any atom is -0.456 e. The smallest absolute Gasteiger partial charge is 0.136 e. The number of hydrogen-bond acceptors (Lipinski definition) is 1. The summed E-state index contributed by atoms with van der Waals surface area (Å²) in [5, 5.41) is -2.21. The Labute approximate surface area is 291 Å². The van der Waals surface area contributed by atoms with Gasteiger partial charge in [-0.15, -0.1) is 0 Å². The molecule has 1 aliphatic rings. The zero-order valence-electron chi connectivity index (χ0n) is 41.4. The monoisotopic (exact) mass is 603 g/mol. The third-order valence-corrected chi connectivity index (χ3v) is 9.13. The lowest BCUT2D eigenvalue weighted by Gasteiger charge is -2.23. The van der Waals surface area contributed by atoms with E-state index in [1.54, 1.807) is 6.07 Å². The van der Waals surface area contributed by atoms with E-state index in [0.717, 1.165) is 22.3 Å². The summed E-state index contributed by atoms with van der Waals surface area (Å²) < 4.78 is 160. The third-order valence-electron chi connectivity index (χ3n) is 9.13. The Kier molecular flexibility index (Phi) is 2.83. The molecule has 1 aliphatic carbocycles. The Morgan fingerprint density at radius 2 is 1.09 bits per heavy atom. The van der Waals surface area contributed by atoms with Crippen LogP contribution in [-0.4, -0.2) is 0 Å². The molecule has 0 spiro atoms. The summed E-state index contributed by atoms with van der Waals surface area (Å²) in [6.45, 7) is 4.09. The molecule has 9 aromatic rings. The minimum atomic E-state index is -0.731. The van der Waals surface area contributed by atoms with E-state index < -0.39 is 125 Å². The van der Waals surface area contributed by atoms with Crippen LogP contribution in [0.25, 0.3) is 87.6 Å². The molecule has 0 radical (unpaired) electrons. The first-order valence-electron chi connectivity index (χ1n) is 23.2. The van der Waals surface area contributed by atoms with Crippen LogP contribution in [0.3, 0.4) is 0 Å². The summed E-state index contributed by atoms with van der Waals surface area (Å²) in [5.41, 5.74) is 2.03. The SMILES string of the molecule is [2H]c1c(-c2c3c([2H])c([2H])c([2H])c([2H])c3c(-c3ccc4c(c3)C(C)(C)c3ccccc3-4)c3c([2H])c([2H])c([2H])c([2H])c23)c([2H])c2c(oc3c([2H])c4c([2H])c([2H])c([2H])c([2H])c4c([2H])c32)c1[2H]. The Hall–Kier alpha value is -5.66. The average Bonchev–Trinajstić information content (AvgIpc) is 3.78. The number of hydrogen-bond donors (Lipinski definition) is 0. The standard InChI is InChI=1S/C45H30O/c1-45(2)39-18-10-9-13-31(39)32-21-19-30(25-40(32)45)44-35-16-7-5-14-33(35)43(34-15-6-8-17-36(34)44)29-20-22-41-37(24-29)38-23-27-11-3-4-12-28(27)26-42(38)46-41/h3-26H,1-2H3/i3D,4D,5D,6D,7D,8D,11D,12D,14D,15D,16D,17D,20D,22D,23D,24D,26D. The molecule has 0 unspecified atom stereocenters. The fourth-order valence-electron chi connectivity index (χ4n) is 7.01. The van der Waals surface area contributed by atoms with Crippen molar-refractivity contribution >= 4 is 54.3 Å². The van der Waals surface area contributed by atoms with Crippen LogP contribution < -0.4 is 0 Å². The van der Waals surface area contributed by atoms with Gasteiger partial charge in [0, 0.05) is 16.2 Å². The van der Waals surface area contributed by atoms with Crippen LogP contribution in [-0.2, 0) is 5.41 Å². The molecule has 0 saturated heterocycles. The third kappa shape index (κ3) is 3.46. The zero-order valence-corrected chi connectivity index (χ0v) is 24.4. The van der Waals surface area contributed by atoms with Crippen LogP contribution in [0.1, 0.15) is 48.3 Å². The number of benzene rings is 8. The summed E-state index contributed by atoms with van der Waals surface area (Å²) in [5.74, 6) is 0. The van der Waals surface area contributed by atoms with Gasteiger partial charge in [-0.05, 0) is 107 Å². The Morgan fingerprint density at radius 3 is 1.80 bits per heavy atom. The van der Waals surface area contributed by atoms with E-state index in [4.69, 9.17) is 16.8 Å². The molecule has 1 heterocycles. The van der Waals surface area contributed by atoms with E-state index in [1.807, 2.05) is 50.2 Å². The van der Waals surface area contributed by atoms with Gasteiger partial charge in [-0.1, -0.05) is 129 Å². The van der Waals surface area contributed by atoms with Crippen LogP contribution in [0, 0.1) is 0 Å². The van der Waals surface area contributed by atoms with Gasteiger partial charge in [0.15, 0.2) is 0 Å². The molecule has 0 fully saturated rings. The fourth-order valence-corrected chi connectivity index (χ4v) is 7.01. The highest BCUT2D eigenvalue weighted by Crippen LogP contribution is 2.51. The van der Waals surface area contributed by atoms with Gasteiger partial charge in [-0.3, -0.25) is 0 Å². The molecule has 46 heavy (non-hydrogen) atoms. The van der Waals surface area contributed by atoms with E-state index in [9.17, 15) is 11.0 Å². The van der Waals surface area contributed by atoms with Crippen molar-refractivity contribution in [3.8, 4) is 33.4 Å². The average molecular weight is 604 g/mol. The topological polar surface area (TPSA) is 13.1 Å². The van der Waals surface area contributed by atoms with Crippen molar-refractivity contribution in [3.05, 3.63) is 156 Å². The Morgan fingerprint density at radius 1 is 0.500 bits per heavy atom. The molecule has 0 saturated carbocycles. The lowest BCUT2D eigenvalue weighted by atomic mass is 9.80. The molecule has 10 rings (SSSR count). The van der Waals surface area contributed by atoms with Crippen molar-refractivity contribution in [2.24, 2.45) is 0 Å². The van der Waals surface area contributed by atoms with Gasteiger partial charge in [-0.25, -0.2) is 0 Å². The van der Waals surface area contributed by atoms with Crippen LogP contribution in [0.15, 0.2) is 150 Å². The van der Waals surface area contributed by atoms with Crippen molar-refractivity contribution in [1.82, 2.24) is 0 Å². The molecule has 0 N–H and O–H groups in total. The molecule has 216 valence electrons. The second-order valence-corrected chi connectivity index (χ2v) is 11.9. The van der Waals surface area contributed by atoms with E-state index in [-0.39, 0.29) is 54.2 Å². The molecule has 0 bridgehead atoms. The van der Waals surface area contributed by atoms with E-state index >= 15 is 0 Å². The van der Waals surface area contributed by atoms with Gasteiger partial charge >= 0.3 is 0 Å². The second-order valence-electron chi connectivity index (χ2n) is 11.9. The van der Waals surface area contributed by atoms with Gasteiger partial charge in [0.25, 0.3) is 0 Å². The lowest BCUT2D eigenvalue weighted by Crippen LogP contribution is -2.14. The predicted molar refractivity (Wildman–Crippen MR) is 195 cm³/mol. The maximum absolute atomic E-state index is 9.82. The molecule has 0 atom stereocenters. The first-order chi connectivity index (χ1) is 29.7. The van der Waals surface area contributed by atoms with Gasteiger partial charge in [0.05, 0.1) is 23.3 Å². The molecular weight excluding hydrogens is 556 g/mol. The van der Waals surface area contributed by atoms with Crippen molar-refractivity contribution < 1.29 is 27.7 Å². The van der Waals surface area contributed by atoms with Gasteiger partial charge in [0.2, 0.25) is 0 Å². The van der Waals surface area contributed by atoms with Crippen molar-refractivity contribution in [2.75, 3.05) is 0 Å². The van der Waals surface area contributed by atoms with Crippen LogP contribution in [0.4, 0.5) is 0 Å². The highest BCUT2D eigenvalue weighted by Gasteiger charge is 2.35. The van der Waals surface area contributed by atoms with Gasteiger partial charge in [-0.2, -0.15) is 0 Å². The first-order valence-corrected chi connectivity index (χ1v) is 14.7. The maximum Gasteiger partial charge on any atom is 0.136 e. The molecule has 0 aliphatic heterocycles. The molecule has 1 nitrogen and oxygen atoms in total. The van der Waals surface area contributed by atoms with Crippen LogP contribution >= 0.6 is 0 Å². The largest absolute Gasteiger partial charge is 0.456 e. The Balaban J connectivity index is 1.45. The number of furan rings is 1. The lowest BCUT2D eigenvalue weighted by molar-refractivity contribution is 0.660. The van der Waals surface area contributed by atoms with E-state index in [1.165, 1.54) is 0 Å². The molecule has 0 amide bonds. The number of fused-ring (bicyclic) bond motifs is 9.